The zero-order chi connectivity index (χ0) is 15.6. The van der Waals surface area contributed by atoms with Crippen LogP contribution in [0, 0.1) is 15.9 Å². The van der Waals surface area contributed by atoms with E-state index in [0.717, 1.165) is 12.1 Å². The van der Waals surface area contributed by atoms with Crippen LogP contribution in [-0.4, -0.2) is 15.1 Å². The summed E-state index contributed by atoms with van der Waals surface area (Å²) in [5.74, 6) is -0.803. The second kappa shape index (κ2) is 5.66. The van der Waals surface area contributed by atoms with E-state index < -0.39 is 22.5 Å². The van der Waals surface area contributed by atoms with Crippen LogP contribution < -0.4 is 5.32 Å². The van der Waals surface area contributed by atoms with Crippen LogP contribution in [0.3, 0.4) is 0 Å². The molecule has 21 heavy (non-hydrogen) atoms. The average molecular weight is 292 g/mol. The molecule has 110 valence electrons. The van der Waals surface area contributed by atoms with Crippen LogP contribution >= 0.6 is 0 Å². The molecule has 0 aliphatic heterocycles. The van der Waals surface area contributed by atoms with Crippen molar-refractivity contribution in [1.29, 1.82) is 0 Å². The van der Waals surface area contributed by atoms with Crippen LogP contribution in [0.2, 0.25) is 0 Å². The summed E-state index contributed by atoms with van der Waals surface area (Å²) in [5, 5.41) is 32.9. The lowest BCUT2D eigenvalue weighted by molar-refractivity contribution is -0.384. The molecule has 1 unspecified atom stereocenters. The second-order valence-corrected chi connectivity index (χ2v) is 4.53. The topological polar surface area (TPSA) is 95.6 Å². The number of hydrogen-bond donors (Lipinski definition) is 3. The minimum absolute atomic E-state index is 0.0370. The largest absolute Gasteiger partial charge is 0.508 e. The Bertz CT molecular complexity index is 691. The van der Waals surface area contributed by atoms with E-state index in [0.29, 0.717) is 5.56 Å². The van der Waals surface area contributed by atoms with Crippen molar-refractivity contribution in [2.24, 2.45) is 0 Å². The van der Waals surface area contributed by atoms with Gasteiger partial charge in [0.1, 0.15) is 23.0 Å². The molecule has 0 radical (unpaired) electrons. The highest BCUT2D eigenvalue weighted by atomic mass is 19.1. The van der Waals surface area contributed by atoms with Gasteiger partial charge >= 0.3 is 0 Å². The minimum atomic E-state index is -0.708. The first-order valence-corrected chi connectivity index (χ1v) is 6.11. The molecule has 0 bridgehead atoms. The third kappa shape index (κ3) is 3.19. The van der Waals surface area contributed by atoms with Gasteiger partial charge in [-0.05, 0) is 37.3 Å². The van der Waals surface area contributed by atoms with E-state index in [4.69, 9.17) is 0 Å². The van der Waals surface area contributed by atoms with Crippen LogP contribution in [0.25, 0.3) is 0 Å². The summed E-state index contributed by atoms with van der Waals surface area (Å²) in [4.78, 5) is 10.2. The number of anilines is 1. The zero-order valence-electron chi connectivity index (χ0n) is 11.1. The van der Waals surface area contributed by atoms with Crippen molar-refractivity contribution in [2.75, 3.05) is 5.32 Å². The average Bonchev–Trinajstić information content (AvgIpc) is 2.43. The summed E-state index contributed by atoms with van der Waals surface area (Å²) in [7, 11) is 0. The zero-order valence-corrected chi connectivity index (χ0v) is 11.1. The van der Waals surface area contributed by atoms with Gasteiger partial charge in [0, 0.05) is 5.56 Å². The number of nitro groups is 1. The molecule has 0 amide bonds. The number of aromatic hydroxyl groups is 2. The molecule has 0 aromatic heterocycles. The molecule has 0 aliphatic carbocycles. The highest BCUT2D eigenvalue weighted by Crippen LogP contribution is 2.33. The predicted molar refractivity (Wildman–Crippen MR) is 74.9 cm³/mol. The van der Waals surface area contributed by atoms with Crippen molar-refractivity contribution >= 4 is 11.4 Å². The number of hydrogen-bond acceptors (Lipinski definition) is 5. The quantitative estimate of drug-likeness (QED) is 0.456. The first kappa shape index (κ1) is 14.6. The van der Waals surface area contributed by atoms with Gasteiger partial charge < -0.3 is 15.5 Å². The van der Waals surface area contributed by atoms with Crippen LogP contribution in [0.5, 0.6) is 11.5 Å². The molecule has 6 nitrogen and oxygen atoms in total. The van der Waals surface area contributed by atoms with Crippen LogP contribution in [0.4, 0.5) is 15.8 Å². The molecule has 2 aromatic rings. The van der Waals surface area contributed by atoms with Crippen molar-refractivity contribution in [3.63, 3.8) is 0 Å². The number of nitrogens with one attached hydrogen (secondary N) is 1. The molecule has 2 rings (SSSR count). The molecule has 0 fully saturated rings. The first-order valence-electron chi connectivity index (χ1n) is 6.11. The van der Waals surface area contributed by atoms with Gasteiger partial charge in [0.25, 0.3) is 5.69 Å². The summed E-state index contributed by atoms with van der Waals surface area (Å²) in [6.07, 6.45) is 0. The molecule has 0 spiro atoms. The van der Waals surface area contributed by atoms with E-state index in [1.54, 1.807) is 6.92 Å². The Hall–Kier alpha value is -2.83. The van der Waals surface area contributed by atoms with Crippen molar-refractivity contribution < 1.29 is 19.5 Å². The van der Waals surface area contributed by atoms with Crippen LogP contribution in [-0.2, 0) is 0 Å². The van der Waals surface area contributed by atoms with Crippen molar-refractivity contribution in [3.05, 3.63) is 57.9 Å². The second-order valence-electron chi connectivity index (χ2n) is 4.53. The van der Waals surface area contributed by atoms with Gasteiger partial charge in [-0.2, -0.15) is 0 Å². The Labute approximate surface area is 119 Å². The lowest BCUT2D eigenvalue weighted by Crippen LogP contribution is -2.08. The number of benzene rings is 2. The number of nitro benzene ring substituents is 1. The van der Waals surface area contributed by atoms with Gasteiger partial charge in [0.15, 0.2) is 0 Å². The summed E-state index contributed by atoms with van der Waals surface area (Å²) >= 11 is 0. The van der Waals surface area contributed by atoms with Gasteiger partial charge in [-0.25, -0.2) is 4.39 Å². The number of rotatable bonds is 4. The third-order valence-corrected chi connectivity index (χ3v) is 3.01. The van der Waals surface area contributed by atoms with E-state index in [2.05, 4.69) is 5.32 Å². The Morgan fingerprint density at radius 2 is 1.95 bits per heavy atom. The number of nitrogens with zero attached hydrogens (tertiary/aromatic N) is 1. The Kier molecular flexibility index (Phi) is 3.93. The fourth-order valence-electron chi connectivity index (χ4n) is 1.98. The molecule has 0 heterocycles. The fourth-order valence-corrected chi connectivity index (χ4v) is 1.98. The number of halogens is 1. The lowest BCUT2D eigenvalue weighted by atomic mass is 10.1. The summed E-state index contributed by atoms with van der Waals surface area (Å²) in [6, 6.07) is 6.64. The molecule has 1 atom stereocenters. The first-order chi connectivity index (χ1) is 9.88. The molecule has 0 saturated carbocycles. The van der Waals surface area contributed by atoms with Crippen molar-refractivity contribution in [2.45, 2.75) is 13.0 Å². The lowest BCUT2D eigenvalue weighted by Gasteiger charge is -2.17. The Morgan fingerprint density at radius 1 is 1.24 bits per heavy atom. The maximum atomic E-state index is 13.1. The highest BCUT2D eigenvalue weighted by molar-refractivity contribution is 5.62. The highest BCUT2D eigenvalue weighted by Gasteiger charge is 2.18. The molecule has 0 aliphatic rings. The SMILES string of the molecule is CC(Nc1ccc(F)cc1[N+](=O)[O-])c1cc(O)ccc1O. The van der Waals surface area contributed by atoms with Gasteiger partial charge in [-0.15, -0.1) is 0 Å². The molecule has 7 heteroatoms. The van der Waals surface area contributed by atoms with Gasteiger partial charge in [0.2, 0.25) is 0 Å². The monoisotopic (exact) mass is 292 g/mol. The third-order valence-electron chi connectivity index (χ3n) is 3.01. The smallest absolute Gasteiger partial charge is 0.295 e. The van der Waals surface area contributed by atoms with E-state index in [9.17, 15) is 24.7 Å². The van der Waals surface area contributed by atoms with Crippen LogP contribution in [0.1, 0.15) is 18.5 Å². The molecule has 0 saturated heterocycles. The molecule has 2 aromatic carbocycles. The molecular formula is C14H13FN2O4. The standard InChI is InChI=1S/C14H13FN2O4/c1-8(11-7-10(18)3-5-14(11)19)16-12-4-2-9(15)6-13(12)17(20)21/h2-8,16,18-19H,1H3. The maximum Gasteiger partial charge on any atom is 0.295 e. The maximum absolute atomic E-state index is 13.1. The predicted octanol–water partition coefficient (Wildman–Crippen LogP) is 3.32. The van der Waals surface area contributed by atoms with Crippen LogP contribution in [0.15, 0.2) is 36.4 Å². The van der Waals surface area contributed by atoms with Gasteiger partial charge in [-0.3, -0.25) is 10.1 Å². The van der Waals surface area contributed by atoms with Gasteiger partial charge in [0.05, 0.1) is 17.0 Å². The Morgan fingerprint density at radius 3 is 2.62 bits per heavy atom. The molecular weight excluding hydrogens is 279 g/mol. The van der Waals surface area contributed by atoms with Crippen molar-refractivity contribution in [1.82, 2.24) is 0 Å². The van der Waals surface area contributed by atoms with E-state index in [1.807, 2.05) is 0 Å². The van der Waals surface area contributed by atoms with Crippen molar-refractivity contribution in [3.8, 4) is 11.5 Å². The fraction of sp³-hybridized carbons (Fsp3) is 0.143. The van der Waals surface area contributed by atoms with E-state index in [-0.39, 0.29) is 17.2 Å². The van der Waals surface area contributed by atoms with Gasteiger partial charge in [-0.1, -0.05) is 0 Å². The molecule has 3 N–H and O–H groups in total. The normalized spacial score (nSPS) is 11.9. The van der Waals surface area contributed by atoms with E-state index in [1.165, 1.54) is 24.3 Å². The Balaban J connectivity index is 2.33. The summed E-state index contributed by atoms with van der Waals surface area (Å²) in [5.41, 5.74) is 0.0896. The summed E-state index contributed by atoms with van der Waals surface area (Å²) in [6.45, 7) is 1.65. The van der Waals surface area contributed by atoms with E-state index >= 15 is 0 Å². The summed E-state index contributed by atoms with van der Waals surface area (Å²) < 4.78 is 13.1. The number of phenolic OH excluding ortho intramolecular Hbond substituents is 2. The number of phenols is 2. The minimum Gasteiger partial charge on any atom is -0.508 e.